The van der Waals surface area contributed by atoms with Gasteiger partial charge in [0.25, 0.3) is 0 Å². The van der Waals surface area contributed by atoms with Crippen LogP contribution < -0.4 is 4.74 Å². The minimum atomic E-state index is -0.254. The number of unbranched alkanes of at least 4 members (excludes halogenated alkanes) is 10. The van der Waals surface area contributed by atoms with Crippen LogP contribution in [0.5, 0.6) is 5.75 Å². The van der Waals surface area contributed by atoms with Crippen molar-refractivity contribution >= 4 is 11.6 Å². The normalized spacial score (nSPS) is 13.9. The predicted molar refractivity (Wildman–Crippen MR) is 175 cm³/mol. The van der Waals surface area contributed by atoms with Crippen molar-refractivity contribution < 1.29 is 4.74 Å². The number of allylic oxidation sites excluding steroid dienone is 1. The molecule has 0 saturated heterocycles. The zero-order valence-electron chi connectivity index (χ0n) is 25.7. The molecule has 4 rings (SSSR count). The van der Waals surface area contributed by atoms with Crippen molar-refractivity contribution in [1.29, 1.82) is 0 Å². The Labute approximate surface area is 245 Å². The largest absolute Gasteiger partial charge is 0.482 e. The van der Waals surface area contributed by atoms with Crippen LogP contribution in [0.1, 0.15) is 133 Å². The summed E-state index contributed by atoms with van der Waals surface area (Å²) in [4.78, 5) is 0. The van der Waals surface area contributed by atoms with Crippen molar-refractivity contribution in [3.8, 4) is 16.9 Å². The summed E-state index contributed by atoms with van der Waals surface area (Å²) in [7, 11) is 0. The van der Waals surface area contributed by atoms with E-state index in [2.05, 4.69) is 101 Å². The van der Waals surface area contributed by atoms with Crippen molar-refractivity contribution in [2.75, 3.05) is 0 Å². The van der Waals surface area contributed by atoms with Gasteiger partial charge in [-0.15, -0.1) is 0 Å². The molecule has 1 heteroatoms. The van der Waals surface area contributed by atoms with Crippen molar-refractivity contribution in [2.45, 2.75) is 123 Å². The number of rotatable bonds is 16. The minimum Gasteiger partial charge on any atom is -0.482 e. The predicted octanol–water partition coefficient (Wildman–Crippen LogP) is 12.3. The maximum atomic E-state index is 7.21. The Hall–Kier alpha value is -2.80. The molecule has 1 aliphatic rings. The van der Waals surface area contributed by atoms with E-state index in [1.165, 1.54) is 116 Å². The molecule has 0 bridgehead atoms. The molecule has 0 amide bonds. The van der Waals surface area contributed by atoms with Gasteiger partial charge in [0.05, 0.1) is 0 Å². The van der Waals surface area contributed by atoms with E-state index in [1.54, 1.807) is 0 Å². The number of hydrogen-bond acceptors (Lipinski definition) is 1. The van der Waals surface area contributed by atoms with Crippen LogP contribution in [0.4, 0.5) is 0 Å². The summed E-state index contributed by atoms with van der Waals surface area (Å²) in [5.41, 5.74) is 8.89. The molecule has 40 heavy (non-hydrogen) atoms. The Morgan fingerprint density at radius 3 is 1.93 bits per heavy atom. The van der Waals surface area contributed by atoms with Crippen LogP contribution >= 0.6 is 0 Å². The number of benzene rings is 3. The number of ether oxygens (including phenoxy) is 1. The smallest absolute Gasteiger partial charge is 0.135 e. The molecule has 0 aromatic heterocycles. The maximum absolute atomic E-state index is 7.21. The molecular formula is C39H52O. The quantitative estimate of drug-likeness (QED) is 0.131. The highest BCUT2D eigenvalue weighted by Gasteiger charge is 2.40. The highest BCUT2D eigenvalue weighted by atomic mass is 16.5. The maximum Gasteiger partial charge on any atom is 0.135 e. The van der Waals surface area contributed by atoms with E-state index in [0.717, 1.165) is 18.6 Å². The van der Waals surface area contributed by atoms with Gasteiger partial charge in [0, 0.05) is 11.1 Å². The van der Waals surface area contributed by atoms with Gasteiger partial charge in [-0.05, 0) is 79.5 Å². The lowest BCUT2D eigenvalue weighted by atomic mass is 9.76. The standard InChI is InChI=1S/C39H52O/c1-5-7-9-11-13-18-26-39(27-19-14-12-10-8-6-2)37-30-33(29-32(4)34-20-16-15-17-21-34)23-25-35(37)36-24-22-31(3)28-38(36)40-39/h15-17,20-25,28-30H,5-14,18-19,26-27H2,1-4H3. The van der Waals surface area contributed by atoms with E-state index in [-0.39, 0.29) is 5.60 Å². The van der Waals surface area contributed by atoms with Gasteiger partial charge in [-0.1, -0.05) is 139 Å². The van der Waals surface area contributed by atoms with Crippen LogP contribution in [0.25, 0.3) is 22.8 Å². The number of fused-ring (bicyclic) bond motifs is 3. The minimum absolute atomic E-state index is 0.254. The van der Waals surface area contributed by atoms with Crippen LogP contribution in [0.2, 0.25) is 0 Å². The van der Waals surface area contributed by atoms with Gasteiger partial charge in [-0.3, -0.25) is 0 Å². The molecule has 3 aromatic rings. The summed E-state index contributed by atoms with van der Waals surface area (Å²) >= 11 is 0. The third kappa shape index (κ3) is 7.90. The molecule has 0 unspecified atom stereocenters. The topological polar surface area (TPSA) is 9.23 Å². The molecule has 1 heterocycles. The van der Waals surface area contributed by atoms with Crippen LogP contribution in [-0.2, 0) is 5.60 Å². The fourth-order valence-corrected chi connectivity index (χ4v) is 6.38. The van der Waals surface area contributed by atoms with E-state index in [9.17, 15) is 0 Å². The molecule has 0 aliphatic carbocycles. The SMILES string of the molecule is CCCCCCCCC1(CCCCCCCC)Oc2cc(C)ccc2-c2ccc(C=C(C)c3ccccc3)cc21. The first-order chi connectivity index (χ1) is 19.6. The average molecular weight is 537 g/mol. The monoisotopic (exact) mass is 536 g/mol. The fourth-order valence-electron chi connectivity index (χ4n) is 6.38. The lowest BCUT2D eigenvalue weighted by Gasteiger charge is -2.41. The Morgan fingerprint density at radius 1 is 0.675 bits per heavy atom. The van der Waals surface area contributed by atoms with Crippen LogP contribution in [0.15, 0.2) is 66.7 Å². The number of hydrogen-bond donors (Lipinski definition) is 0. The van der Waals surface area contributed by atoms with Crippen molar-refractivity contribution in [2.24, 2.45) is 0 Å². The Balaban J connectivity index is 1.69. The summed E-state index contributed by atoms with van der Waals surface area (Å²) in [5, 5.41) is 0. The third-order valence-corrected chi connectivity index (χ3v) is 8.75. The first kappa shape index (κ1) is 30.2. The summed E-state index contributed by atoms with van der Waals surface area (Å²) in [6, 6.07) is 24.6. The molecule has 1 nitrogen and oxygen atoms in total. The summed E-state index contributed by atoms with van der Waals surface area (Å²) in [6.07, 6.45) is 20.3. The molecule has 0 N–H and O–H groups in total. The van der Waals surface area contributed by atoms with E-state index < -0.39 is 0 Å². The van der Waals surface area contributed by atoms with Crippen molar-refractivity contribution in [3.05, 3.63) is 89.0 Å². The molecule has 0 spiro atoms. The van der Waals surface area contributed by atoms with Crippen molar-refractivity contribution in [3.63, 3.8) is 0 Å². The average Bonchev–Trinajstić information content (AvgIpc) is 2.97. The molecular weight excluding hydrogens is 484 g/mol. The van der Waals surface area contributed by atoms with Crippen molar-refractivity contribution in [1.82, 2.24) is 0 Å². The molecule has 0 atom stereocenters. The Kier molecular flexibility index (Phi) is 11.5. The van der Waals surface area contributed by atoms with Gasteiger partial charge in [0.15, 0.2) is 0 Å². The first-order valence-corrected chi connectivity index (χ1v) is 16.2. The van der Waals surface area contributed by atoms with Gasteiger partial charge < -0.3 is 4.74 Å². The van der Waals surface area contributed by atoms with Crippen LogP contribution in [0, 0.1) is 6.92 Å². The summed E-state index contributed by atoms with van der Waals surface area (Å²) < 4.78 is 7.21. The van der Waals surface area contributed by atoms with Gasteiger partial charge >= 0.3 is 0 Å². The lowest BCUT2D eigenvalue weighted by molar-refractivity contribution is 0.0385. The highest BCUT2D eigenvalue weighted by Crippen LogP contribution is 2.50. The third-order valence-electron chi connectivity index (χ3n) is 8.75. The van der Waals surface area contributed by atoms with Gasteiger partial charge in [0.1, 0.15) is 11.4 Å². The second-order valence-corrected chi connectivity index (χ2v) is 12.1. The fraction of sp³-hybridized carbons (Fsp3) is 0.487. The molecule has 0 saturated carbocycles. The summed E-state index contributed by atoms with van der Waals surface area (Å²) in [6.45, 7) is 9.01. The zero-order chi connectivity index (χ0) is 28.2. The van der Waals surface area contributed by atoms with E-state index in [1.807, 2.05) is 0 Å². The van der Waals surface area contributed by atoms with Gasteiger partial charge in [-0.2, -0.15) is 0 Å². The molecule has 0 fully saturated rings. The van der Waals surface area contributed by atoms with E-state index in [0.29, 0.717) is 0 Å². The Bertz CT molecular complexity index is 1200. The van der Waals surface area contributed by atoms with E-state index >= 15 is 0 Å². The van der Waals surface area contributed by atoms with E-state index in [4.69, 9.17) is 4.74 Å². The summed E-state index contributed by atoms with van der Waals surface area (Å²) in [5.74, 6) is 1.08. The molecule has 214 valence electrons. The molecule has 1 aliphatic heterocycles. The molecule has 3 aromatic carbocycles. The second kappa shape index (κ2) is 15.3. The highest BCUT2D eigenvalue weighted by molar-refractivity contribution is 5.83. The van der Waals surface area contributed by atoms with Crippen LogP contribution in [-0.4, -0.2) is 0 Å². The first-order valence-electron chi connectivity index (χ1n) is 16.2. The molecule has 0 radical (unpaired) electrons. The van der Waals surface area contributed by atoms with Crippen LogP contribution in [0.3, 0.4) is 0 Å². The Morgan fingerprint density at radius 2 is 1.27 bits per heavy atom. The lowest BCUT2D eigenvalue weighted by Crippen LogP contribution is -2.36. The second-order valence-electron chi connectivity index (χ2n) is 12.1. The number of aryl methyl sites for hydroxylation is 1. The van der Waals surface area contributed by atoms with Gasteiger partial charge in [0.2, 0.25) is 0 Å². The zero-order valence-corrected chi connectivity index (χ0v) is 25.7. The van der Waals surface area contributed by atoms with Gasteiger partial charge in [-0.25, -0.2) is 0 Å².